The van der Waals surface area contributed by atoms with Crippen LogP contribution >= 0.6 is 0 Å². The predicted octanol–water partition coefficient (Wildman–Crippen LogP) is 3.48. The largest absolute Gasteiger partial charge is 0.313 e. The lowest BCUT2D eigenvalue weighted by Crippen LogP contribution is -2.33. The Labute approximate surface area is 105 Å². The standard InChI is InChI=1S/C16H23N/c1-4-16(3,12-17-15-8-9-15)11-14-7-5-6-13(2)10-14/h4-7,10,15,17H,1,8-9,11-12H2,2-3H3. The van der Waals surface area contributed by atoms with Crippen LogP contribution in [0.4, 0.5) is 0 Å². The van der Waals surface area contributed by atoms with Crippen LogP contribution in [0.5, 0.6) is 0 Å². The number of benzene rings is 1. The van der Waals surface area contributed by atoms with Gasteiger partial charge in [0.05, 0.1) is 0 Å². The number of aryl methyl sites for hydroxylation is 1. The Kier molecular flexibility index (Phi) is 3.68. The van der Waals surface area contributed by atoms with Crippen molar-refractivity contribution >= 4 is 0 Å². The van der Waals surface area contributed by atoms with Gasteiger partial charge in [-0.25, -0.2) is 0 Å². The molecule has 0 heterocycles. The van der Waals surface area contributed by atoms with Gasteiger partial charge in [-0.3, -0.25) is 0 Å². The molecule has 0 amide bonds. The molecular weight excluding hydrogens is 206 g/mol. The summed E-state index contributed by atoms with van der Waals surface area (Å²) in [5.74, 6) is 0. The van der Waals surface area contributed by atoms with Crippen molar-refractivity contribution in [2.75, 3.05) is 6.54 Å². The van der Waals surface area contributed by atoms with Crippen LogP contribution in [0.3, 0.4) is 0 Å². The van der Waals surface area contributed by atoms with E-state index < -0.39 is 0 Å². The number of hydrogen-bond donors (Lipinski definition) is 1. The van der Waals surface area contributed by atoms with Gasteiger partial charge in [-0.05, 0) is 31.7 Å². The average molecular weight is 229 g/mol. The van der Waals surface area contributed by atoms with Gasteiger partial charge in [0.1, 0.15) is 0 Å². The van der Waals surface area contributed by atoms with E-state index in [-0.39, 0.29) is 5.41 Å². The van der Waals surface area contributed by atoms with Crippen molar-refractivity contribution in [2.24, 2.45) is 5.41 Å². The topological polar surface area (TPSA) is 12.0 Å². The minimum absolute atomic E-state index is 0.163. The van der Waals surface area contributed by atoms with Gasteiger partial charge in [-0.15, -0.1) is 6.58 Å². The second kappa shape index (κ2) is 5.05. The first-order valence-electron chi connectivity index (χ1n) is 6.54. The van der Waals surface area contributed by atoms with Crippen LogP contribution in [0.2, 0.25) is 0 Å². The molecule has 1 N–H and O–H groups in total. The molecule has 1 unspecified atom stereocenters. The fraction of sp³-hybridized carbons (Fsp3) is 0.500. The summed E-state index contributed by atoms with van der Waals surface area (Å²) >= 11 is 0. The maximum atomic E-state index is 4.01. The van der Waals surface area contributed by atoms with Crippen LogP contribution in [-0.2, 0) is 6.42 Å². The molecule has 0 spiro atoms. The summed E-state index contributed by atoms with van der Waals surface area (Å²) in [6, 6.07) is 9.55. The third-order valence-electron chi connectivity index (χ3n) is 3.56. The van der Waals surface area contributed by atoms with Crippen molar-refractivity contribution < 1.29 is 0 Å². The fourth-order valence-corrected chi connectivity index (χ4v) is 2.16. The fourth-order valence-electron chi connectivity index (χ4n) is 2.16. The average Bonchev–Trinajstić information content (AvgIpc) is 3.10. The Hall–Kier alpha value is -1.08. The summed E-state index contributed by atoms with van der Waals surface area (Å²) in [5, 5.41) is 3.61. The molecule has 1 fully saturated rings. The number of hydrogen-bond acceptors (Lipinski definition) is 1. The molecule has 1 aliphatic rings. The minimum Gasteiger partial charge on any atom is -0.313 e. The zero-order valence-electron chi connectivity index (χ0n) is 11.0. The molecule has 0 aliphatic heterocycles. The molecule has 0 saturated heterocycles. The summed E-state index contributed by atoms with van der Waals surface area (Å²) < 4.78 is 0. The Morgan fingerprint density at radius 3 is 2.82 bits per heavy atom. The highest BCUT2D eigenvalue weighted by atomic mass is 15.0. The van der Waals surface area contributed by atoms with Gasteiger partial charge >= 0.3 is 0 Å². The zero-order valence-corrected chi connectivity index (χ0v) is 11.0. The molecule has 1 saturated carbocycles. The first kappa shape index (κ1) is 12.4. The molecule has 1 aliphatic carbocycles. The third-order valence-corrected chi connectivity index (χ3v) is 3.56. The second-order valence-electron chi connectivity index (χ2n) is 5.68. The molecule has 1 aromatic rings. The quantitative estimate of drug-likeness (QED) is 0.736. The molecule has 0 radical (unpaired) electrons. The highest BCUT2D eigenvalue weighted by Gasteiger charge is 2.26. The van der Waals surface area contributed by atoms with Crippen LogP contribution in [0.15, 0.2) is 36.9 Å². The minimum atomic E-state index is 0.163. The van der Waals surface area contributed by atoms with Crippen molar-refractivity contribution in [2.45, 2.75) is 39.2 Å². The van der Waals surface area contributed by atoms with Crippen molar-refractivity contribution in [1.82, 2.24) is 5.32 Å². The van der Waals surface area contributed by atoms with Crippen LogP contribution in [0.1, 0.15) is 30.9 Å². The van der Waals surface area contributed by atoms with E-state index >= 15 is 0 Å². The molecule has 0 aromatic heterocycles. The molecule has 1 atom stereocenters. The van der Waals surface area contributed by atoms with Gasteiger partial charge in [-0.1, -0.05) is 42.8 Å². The van der Waals surface area contributed by atoms with E-state index in [1.807, 2.05) is 0 Å². The first-order valence-corrected chi connectivity index (χ1v) is 6.54. The van der Waals surface area contributed by atoms with E-state index in [2.05, 4.69) is 56.1 Å². The smallest absolute Gasteiger partial charge is 0.00685 e. The maximum absolute atomic E-state index is 4.01. The Morgan fingerprint density at radius 2 is 2.24 bits per heavy atom. The van der Waals surface area contributed by atoms with Crippen LogP contribution in [0.25, 0.3) is 0 Å². The van der Waals surface area contributed by atoms with Gasteiger partial charge in [0.15, 0.2) is 0 Å². The molecule has 0 bridgehead atoms. The van der Waals surface area contributed by atoms with Crippen molar-refractivity contribution in [3.63, 3.8) is 0 Å². The molecule has 2 rings (SSSR count). The summed E-state index contributed by atoms with van der Waals surface area (Å²) in [7, 11) is 0. The Morgan fingerprint density at radius 1 is 1.47 bits per heavy atom. The van der Waals surface area contributed by atoms with Crippen molar-refractivity contribution in [3.8, 4) is 0 Å². The second-order valence-corrected chi connectivity index (χ2v) is 5.68. The summed E-state index contributed by atoms with van der Waals surface area (Å²) in [6.45, 7) is 9.49. The van der Waals surface area contributed by atoms with Crippen LogP contribution < -0.4 is 5.32 Å². The lowest BCUT2D eigenvalue weighted by Gasteiger charge is -2.26. The first-order chi connectivity index (χ1) is 8.11. The van der Waals surface area contributed by atoms with E-state index in [0.29, 0.717) is 0 Å². The highest BCUT2D eigenvalue weighted by molar-refractivity contribution is 5.24. The van der Waals surface area contributed by atoms with Gasteiger partial charge in [0.2, 0.25) is 0 Å². The molecule has 1 heteroatoms. The van der Waals surface area contributed by atoms with E-state index in [1.165, 1.54) is 24.0 Å². The van der Waals surface area contributed by atoms with Crippen LogP contribution in [-0.4, -0.2) is 12.6 Å². The summed E-state index contributed by atoms with van der Waals surface area (Å²) in [6.07, 6.45) is 5.86. The summed E-state index contributed by atoms with van der Waals surface area (Å²) in [4.78, 5) is 0. The van der Waals surface area contributed by atoms with E-state index in [9.17, 15) is 0 Å². The molecule has 92 valence electrons. The molecule has 1 nitrogen and oxygen atoms in total. The van der Waals surface area contributed by atoms with Crippen molar-refractivity contribution in [3.05, 3.63) is 48.0 Å². The van der Waals surface area contributed by atoms with E-state index in [0.717, 1.165) is 19.0 Å². The van der Waals surface area contributed by atoms with Gasteiger partial charge < -0.3 is 5.32 Å². The predicted molar refractivity (Wildman–Crippen MR) is 74.2 cm³/mol. The third kappa shape index (κ3) is 3.71. The SMILES string of the molecule is C=CC(C)(CNC1CC1)Cc1cccc(C)c1. The lowest BCUT2D eigenvalue weighted by molar-refractivity contribution is 0.389. The normalized spacial score (nSPS) is 18.7. The van der Waals surface area contributed by atoms with Gasteiger partial charge in [0.25, 0.3) is 0 Å². The van der Waals surface area contributed by atoms with Crippen LogP contribution in [0, 0.1) is 12.3 Å². The Balaban J connectivity index is 1.99. The highest BCUT2D eigenvalue weighted by Crippen LogP contribution is 2.26. The molecule has 1 aromatic carbocycles. The maximum Gasteiger partial charge on any atom is 0.00685 e. The number of nitrogens with one attached hydrogen (secondary N) is 1. The van der Waals surface area contributed by atoms with Gasteiger partial charge in [0, 0.05) is 18.0 Å². The molecular formula is C16H23N. The number of rotatable bonds is 6. The summed E-state index contributed by atoms with van der Waals surface area (Å²) in [5.41, 5.74) is 2.91. The van der Waals surface area contributed by atoms with E-state index in [1.54, 1.807) is 0 Å². The monoisotopic (exact) mass is 229 g/mol. The molecule has 17 heavy (non-hydrogen) atoms. The van der Waals surface area contributed by atoms with E-state index in [4.69, 9.17) is 0 Å². The lowest BCUT2D eigenvalue weighted by atomic mass is 9.83. The Bertz CT molecular complexity index is 392. The van der Waals surface area contributed by atoms with Gasteiger partial charge in [-0.2, -0.15) is 0 Å². The van der Waals surface area contributed by atoms with Crippen molar-refractivity contribution in [1.29, 1.82) is 0 Å². The zero-order chi connectivity index (χ0) is 12.3.